The second-order valence-electron chi connectivity index (χ2n) is 11.5. The van der Waals surface area contributed by atoms with Gasteiger partial charge in [0.1, 0.15) is 11.6 Å². The summed E-state index contributed by atoms with van der Waals surface area (Å²) in [5.41, 5.74) is 10.1. The van der Waals surface area contributed by atoms with Crippen LogP contribution in [-0.2, 0) is 12.8 Å². The van der Waals surface area contributed by atoms with E-state index in [9.17, 15) is 0 Å². The number of benzene rings is 2. The van der Waals surface area contributed by atoms with Crippen LogP contribution in [0.2, 0.25) is 0 Å². The highest BCUT2D eigenvalue weighted by Crippen LogP contribution is 2.40. The highest BCUT2D eigenvalue weighted by molar-refractivity contribution is 6.14. The Labute approximate surface area is 254 Å². The van der Waals surface area contributed by atoms with Gasteiger partial charge in [-0.3, -0.25) is 19.1 Å². The van der Waals surface area contributed by atoms with Crippen LogP contribution in [0.15, 0.2) is 122 Å². The van der Waals surface area contributed by atoms with Gasteiger partial charge in [-0.15, -0.1) is 0 Å². The largest absolute Gasteiger partial charge is 0.298 e. The van der Waals surface area contributed by atoms with Gasteiger partial charge < -0.3 is 0 Å². The van der Waals surface area contributed by atoms with E-state index in [1.54, 1.807) is 12.4 Å². The van der Waals surface area contributed by atoms with E-state index in [1.165, 1.54) is 45.8 Å². The van der Waals surface area contributed by atoms with Crippen LogP contribution < -0.4 is 0 Å². The lowest BCUT2D eigenvalue weighted by molar-refractivity contribution is 0.665. The number of aromatic nitrogens is 6. The Morgan fingerprint density at radius 3 is 1.86 bits per heavy atom. The number of hydrogen-bond donors (Lipinski definition) is 0. The Kier molecular flexibility index (Phi) is 5.66. The molecule has 0 aliphatic heterocycles. The molecule has 0 unspecified atom stereocenters. The number of fused-ring (bicyclic) bond motifs is 6. The molecule has 8 aromatic rings. The molecule has 210 valence electrons. The van der Waals surface area contributed by atoms with Crippen molar-refractivity contribution in [2.75, 3.05) is 0 Å². The van der Waals surface area contributed by atoms with E-state index >= 15 is 0 Å². The van der Waals surface area contributed by atoms with Crippen LogP contribution in [0, 0.1) is 0 Å². The Hall–Kier alpha value is -5.62. The van der Waals surface area contributed by atoms with Crippen molar-refractivity contribution >= 4 is 32.7 Å². The van der Waals surface area contributed by atoms with Crippen LogP contribution in [0.4, 0.5) is 0 Å². The van der Waals surface area contributed by atoms with Gasteiger partial charge >= 0.3 is 0 Å². The molecular formula is C38H28N6. The number of aryl methyl sites for hydroxylation is 1. The molecule has 2 aromatic carbocycles. The van der Waals surface area contributed by atoms with Gasteiger partial charge in [0.2, 0.25) is 0 Å². The molecule has 0 spiro atoms. The van der Waals surface area contributed by atoms with Crippen molar-refractivity contribution in [3.63, 3.8) is 0 Å². The van der Waals surface area contributed by atoms with E-state index in [2.05, 4.69) is 98.0 Å². The van der Waals surface area contributed by atoms with Gasteiger partial charge in [0.05, 0.1) is 27.9 Å². The lowest BCUT2D eigenvalue weighted by Crippen LogP contribution is -2.08. The molecule has 0 amide bonds. The van der Waals surface area contributed by atoms with E-state index in [4.69, 9.17) is 9.97 Å². The first kappa shape index (κ1) is 24.9. The molecule has 0 saturated carbocycles. The highest BCUT2D eigenvalue weighted by atomic mass is 15.1. The van der Waals surface area contributed by atoms with Crippen LogP contribution in [-0.4, -0.2) is 29.1 Å². The minimum Gasteiger partial charge on any atom is -0.298 e. The highest BCUT2D eigenvalue weighted by Gasteiger charge is 2.24. The Balaban J connectivity index is 1.33. The van der Waals surface area contributed by atoms with Gasteiger partial charge in [-0.25, -0.2) is 9.97 Å². The van der Waals surface area contributed by atoms with Gasteiger partial charge in [-0.05, 0) is 98.0 Å². The molecule has 6 heteroatoms. The molecule has 0 saturated heterocycles. The molecule has 0 N–H and O–H groups in total. The van der Waals surface area contributed by atoms with Crippen molar-refractivity contribution in [2.45, 2.75) is 25.7 Å². The fourth-order valence-electron chi connectivity index (χ4n) is 6.96. The quantitative estimate of drug-likeness (QED) is 0.214. The van der Waals surface area contributed by atoms with Crippen molar-refractivity contribution in [1.82, 2.24) is 29.1 Å². The van der Waals surface area contributed by atoms with Crippen molar-refractivity contribution in [2.24, 2.45) is 0 Å². The summed E-state index contributed by atoms with van der Waals surface area (Å²) in [4.78, 5) is 19.0. The average molecular weight is 569 g/mol. The molecule has 0 radical (unpaired) electrons. The van der Waals surface area contributed by atoms with E-state index < -0.39 is 0 Å². The molecule has 0 fully saturated rings. The Morgan fingerprint density at radius 2 is 1.16 bits per heavy atom. The smallest absolute Gasteiger partial charge is 0.138 e. The maximum atomic E-state index is 5.19. The maximum absolute atomic E-state index is 5.19. The van der Waals surface area contributed by atoms with Crippen molar-refractivity contribution < 1.29 is 0 Å². The third kappa shape index (κ3) is 3.88. The second kappa shape index (κ2) is 9.99. The van der Waals surface area contributed by atoms with E-state index in [-0.39, 0.29) is 0 Å². The van der Waals surface area contributed by atoms with Gasteiger partial charge in [-0.1, -0.05) is 30.3 Å². The SMILES string of the molecule is c1cncc(-c2cccc(-n3c4c(c5cc6c7ccccc7n(-c7cccc(-c8cccnc8)n7)c6cc53)CCCC4)n2)c1. The summed E-state index contributed by atoms with van der Waals surface area (Å²) < 4.78 is 4.71. The minimum atomic E-state index is 0.886. The normalized spacial score (nSPS) is 13.1. The van der Waals surface area contributed by atoms with E-state index in [1.807, 2.05) is 30.6 Å². The zero-order valence-corrected chi connectivity index (χ0v) is 24.1. The second-order valence-corrected chi connectivity index (χ2v) is 11.5. The van der Waals surface area contributed by atoms with Gasteiger partial charge in [0, 0.05) is 57.8 Å². The van der Waals surface area contributed by atoms with Crippen molar-refractivity contribution in [3.05, 3.63) is 133 Å². The first-order valence-corrected chi connectivity index (χ1v) is 15.2. The molecule has 1 aliphatic rings. The third-order valence-corrected chi connectivity index (χ3v) is 8.91. The Bertz CT molecular complexity index is 2330. The molecule has 1 aliphatic carbocycles. The standard InChI is InChI=1S/C38H28N6/c1-3-15-33-27(11-1)29-21-30-28-12-2-4-16-34(28)44(38-18-6-14-32(42-38)26-10-8-20-40-24-26)36(30)22-35(29)43(33)37-17-5-13-31(41-37)25-9-7-19-39-23-25/h1,3,5-11,13-15,17-24H,2,4,12,16H2. The van der Waals surface area contributed by atoms with Crippen LogP contribution >= 0.6 is 0 Å². The summed E-state index contributed by atoms with van der Waals surface area (Å²) in [6.45, 7) is 0. The summed E-state index contributed by atoms with van der Waals surface area (Å²) in [6, 6.07) is 34.0. The fourth-order valence-corrected chi connectivity index (χ4v) is 6.96. The van der Waals surface area contributed by atoms with Crippen LogP contribution in [0.25, 0.3) is 66.9 Å². The van der Waals surface area contributed by atoms with E-state index in [0.29, 0.717) is 0 Å². The summed E-state index contributed by atoms with van der Waals surface area (Å²) in [7, 11) is 0. The van der Waals surface area contributed by atoms with Crippen LogP contribution in [0.3, 0.4) is 0 Å². The molecule has 6 heterocycles. The number of pyridine rings is 4. The Morgan fingerprint density at radius 1 is 0.500 bits per heavy atom. The number of para-hydroxylation sites is 1. The summed E-state index contributed by atoms with van der Waals surface area (Å²) in [5.74, 6) is 1.83. The molecule has 6 aromatic heterocycles. The lowest BCUT2D eigenvalue weighted by Gasteiger charge is -2.16. The molecule has 0 bridgehead atoms. The predicted octanol–water partition coefficient (Wildman–Crippen LogP) is 8.52. The molecule has 6 nitrogen and oxygen atoms in total. The number of nitrogens with zero attached hydrogens (tertiary/aromatic N) is 6. The van der Waals surface area contributed by atoms with Gasteiger partial charge in [0.25, 0.3) is 0 Å². The van der Waals surface area contributed by atoms with E-state index in [0.717, 1.165) is 58.0 Å². The first-order chi connectivity index (χ1) is 21.8. The van der Waals surface area contributed by atoms with Crippen molar-refractivity contribution in [3.8, 4) is 34.2 Å². The fraction of sp³-hybridized carbons (Fsp3) is 0.105. The maximum Gasteiger partial charge on any atom is 0.138 e. The third-order valence-electron chi connectivity index (χ3n) is 8.91. The first-order valence-electron chi connectivity index (χ1n) is 15.2. The van der Waals surface area contributed by atoms with Gasteiger partial charge in [-0.2, -0.15) is 0 Å². The zero-order valence-electron chi connectivity index (χ0n) is 24.1. The molecule has 0 atom stereocenters. The zero-order chi connectivity index (χ0) is 29.0. The molecule has 9 rings (SSSR count). The number of hydrogen-bond acceptors (Lipinski definition) is 4. The minimum absolute atomic E-state index is 0.886. The molecular weight excluding hydrogens is 540 g/mol. The van der Waals surface area contributed by atoms with Crippen LogP contribution in [0.1, 0.15) is 24.1 Å². The summed E-state index contributed by atoms with van der Waals surface area (Å²) in [6.07, 6.45) is 11.9. The number of rotatable bonds is 4. The predicted molar refractivity (Wildman–Crippen MR) is 176 cm³/mol. The average Bonchev–Trinajstić information content (AvgIpc) is 3.60. The summed E-state index contributed by atoms with van der Waals surface area (Å²) in [5, 5.41) is 3.79. The summed E-state index contributed by atoms with van der Waals surface area (Å²) >= 11 is 0. The lowest BCUT2D eigenvalue weighted by atomic mass is 9.95. The van der Waals surface area contributed by atoms with Crippen LogP contribution in [0.5, 0.6) is 0 Å². The monoisotopic (exact) mass is 568 g/mol. The van der Waals surface area contributed by atoms with Gasteiger partial charge in [0.15, 0.2) is 0 Å². The van der Waals surface area contributed by atoms with Crippen molar-refractivity contribution in [1.29, 1.82) is 0 Å². The topological polar surface area (TPSA) is 61.4 Å². The molecule has 44 heavy (non-hydrogen) atoms.